The van der Waals surface area contributed by atoms with Crippen LogP contribution in [0.15, 0.2) is 24.3 Å². The standard InChI is InChI=1S/C16H21ClN2OS/c1-16(2,3)14-13(10-20)21-15(18-14)19(4)9-11-6-5-7-12(17)8-11/h5-8,20H,9-10H2,1-4H3. The third-order valence-electron chi connectivity index (χ3n) is 3.18. The van der Waals surface area contributed by atoms with E-state index in [-0.39, 0.29) is 12.0 Å². The molecule has 21 heavy (non-hydrogen) atoms. The van der Waals surface area contributed by atoms with Crippen molar-refractivity contribution in [3.05, 3.63) is 45.4 Å². The molecule has 0 amide bonds. The molecule has 0 saturated carbocycles. The van der Waals surface area contributed by atoms with E-state index in [1.165, 1.54) is 0 Å². The molecule has 0 aliphatic heterocycles. The van der Waals surface area contributed by atoms with Gasteiger partial charge in [-0.2, -0.15) is 0 Å². The van der Waals surface area contributed by atoms with Crippen LogP contribution >= 0.6 is 22.9 Å². The second-order valence-electron chi connectivity index (χ2n) is 6.16. The number of aliphatic hydroxyl groups excluding tert-OH is 1. The van der Waals surface area contributed by atoms with Gasteiger partial charge in [0.1, 0.15) is 0 Å². The molecule has 0 fully saturated rings. The molecule has 2 aromatic rings. The molecule has 114 valence electrons. The second kappa shape index (κ2) is 6.34. The average molecular weight is 325 g/mol. The first-order valence-corrected chi connectivity index (χ1v) is 8.07. The van der Waals surface area contributed by atoms with Crippen LogP contribution in [0.4, 0.5) is 5.13 Å². The number of hydrogen-bond donors (Lipinski definition) is 1. The van der Waals surface area contributed by atoms with E-state index in [0.717, 1.165) is 32.8 Å². The molecule has 0 spiro atoms. The molecule has 1 heterocycles. The van der Waals surface area contributed by atoms with Crippen molar-refractivity contribution in [2.45, 2.75) is 39.3 Å². The number of aromatic nitrogens is 1. The number of rotatable bonds is 4. The zero-order chi connectivity index (χ0) is 15.6. The smallest absolute Gasteiger partial charge is 0.185 e. The van der Waals surface area contributed by atoms with Gasteiger partial charge in [0.2, 0.25) is 0 Å². The molecule has 0 unspecified atom stereocenters. The van der Waals surface area contributed by atoms with Crippen LogP contribution < -0.4 is 4.90 Å². The Morgan fingerprint density at radius 1 is 1.33 bits per heavy atom. The van der Waals surface area contributed by atoms with Crippen LogP contribution in [0, 0.1) is 0 Å². The molecular formula is C16H21ClN2OS. The highest BCUT2D eigenvalue weighted by Crippen LogP contribution is 2.34. The summed E-state index contributed by atoms with van der Waals surface area (Å²) >= 11 is 7.57. The summed E-state index contributed by atoms with van der Waals surface area (Å²) in [5.74, 6) is 0. The lowest BCUT2D eigenvalue weighted by molar-refractivity contribution is 0.282. The van der Waals surface area contributed by atoms with Crippen LogP contribution in [0.2, 0.25) is 5.02 Å². The second-order valence-corrected chi connectivity index (χ2v) is 7.66. The van der Waals surface area contributed by atoms with E-state index >= 15 is 0 Å². The molecule has 0 atom stereocenters. The summed E-state index contributed by atoms with van der Waals surface area (Å²) in [6.07, 6.45) is 0. The van der Waals surface area contributed by atoms with Gasteiger partial charge in [-0.15, -0.1) is 0 Å². The topological polar surface area (TPSA) is 36.4 Å². The number of halogens is 1. The van der Waals surface area contributed by atoms with Crippen molar-refractivity contribution in [3.63, 3.8) is 0 Å². The highest BCUT2D eigenvalue weighted by atomic mass is 35.5. The molecule has 0 bridgehead atoms. The number of hydrogen-bond acceptors (Lipinski definition) is 4. The van der Waals surface area contributed by atoms with Gasteiger partial charge in [0.05, 0.1) is 17.2 Å². The van der Waals surface area contributed by atoms with Gasteiger partial charge in [0, 0.05) is 24.0 Å². The van der Waals surface area contributed by atoms with Crippen LogP contribution in [-0.4, -0.2) is 17.1 Å². The Labute approximate surface area is 135 Å². The molecule has 1 aromatic heterocycles. The fraction of sp³-hybridized carbons (Fsp3) is 0.438. The molecule has 0 saturated heterocycles. The fourth-order valence-corrected chi connectivity index (χ4v) is 3.48. The molecule has 1 N–H and O–H groups in total. The molecular weight excluding hydrogens is 304 g/mol. The van der Waals surface area contributed by atoms with Crippen LogP contribution in [0.25, 0.3) is 0 Å². The summed E-state index contributed by atoms with van der Waals surface area (Å²) in [5.41, 5.74) is 2.05. The maximum Gasteiger partial charge on any atom is 0.185 e. The predicted molar refractivity (Wildman–Crippen MR) is 90.3 cm³/mol. The maximum absolute atomic E-state index is 9.54. The number of aliphatic hydroxyl groups is 1. The highest BCUT2D eigenvalue weighted by Gasteiger charge is 2.23. The molecule has 0 aliphatic carbocycles. The van der Waals surface area contributed by atoms with Gasteiger partial charge in [-0.05, 0) is 17.7 Å². The lowest BCUT2D eigenvalue weighted by Gasteiger charge is -2.18. The SMILES string of the molecule is CN(Cc1cccc(Cl)c1)c1nc(C(C)(C)C)c(CO)s1. The van der Waals surface area contributed by atoms with Crippen LogP contribution in [0.3, 0.4) is 0 Å². The quantitative estimate of drug-likeness (QED) is 0.914. The molecule has 2 rings (SSSR count). The van der Waals surface area contributed by atoms with Crippen molar-refractivity contribution in [1.29, 1.82) is 0 Å². The summed E-state index contributed by atoms with van der Waals surface area (Å²) < 4.78 is 0. The molecule has 0 radical (unpaired) electrons. The van der Waals surface area contributed by atoms with Crippen LogP contribution in [-0.2, 0) is 18.6 Å². The Morgan fingerprint density at radius 2 is 2.05 bits per heavy atom. The normalized spacial score (nSPS) is 11.7. The Morgan fingerprint density at radius 3 is 2.57 bits per heavy atom. The number of anilines is 1. The average Bonchev–Trinajstić information content (AvgIpc) is 2.82. The van der Waals surface area contributed by atoms with Crippen LogP contribution in [0.1, 0.15) is 36.9 Å². The zero-order valence-electron chi connectivity index (χ0n) is 12.9. The van der Waals surface area contributed by atoms with E-state index in [1.54, 1.807) is 11.3 Å². The molecule has 5 heteroatoms. The summed E-state index contributed by atoms with van der Waals surface area (Å²) in [6.45, 7) is 7.11. The summed E-state index contributed by atoms with van der Waals surface area (Å²) in [4.78, 5) is 7.75. The molecule has 0 aliphatic rings. The van der Waals surface area contributed by atoms with E-state index in [0.29, 0.717) is 0 Å². The van der Waals surface area contributed by atoms with Gasteiger partial charge in [-0.25, -0.2) is 4.98 Å². The summed E-state index contributed by atoms with van der Waals surface area (Å²) in [6, 6.07) is 7.83. The van der Waals surface area contributed by atoms with E-state index in [1.807, 2.05) is 31.3 Å². The number of nitrogens with zero attached hydrogens (tertiary/aromatic N) is 2. The van der Waals surface area contributed by atoms with Crippen LogP contribution in [0.5, 0.6) is 0 Å². The Balaban J connectivity index is 2.23. The Bertz CT molecular complexity index is 619. The lowest BCUT2D eigenvalue weighted by Crippen LogP contribution is -2.18. The monoisotopic (exact) mass is 324 g/mol. The fourth-order valence-electron chi connectivity index (χ4n) is 2.17. The summed E-state index contributed by atoms with van der Waals surface area (Å²) in [7, 11) is 2.01. The third-order valence-corrected chi connectivity index (χ3v) is 4.56. The highest BCUT2D eigenvalue weighted by molar-refractivity contribution is 7.15. The van der Waals surface area contributed by atoms with E-state index in [9.17, 15) is 5.11 Å². The van der Waals surface area contributed by atoms with E-state index in [4.69, 9.17) is 16.6 Å². The first kappa shape index (κ1) is 16.3. The van der Waals surface area contributed by atoms with Crippen molar-refractivity contribution < 1.29 is 5.11 Å². The van der Waals surface area contributed by atoms with E-state index < -0.39 is 0 Å². The van der Waals surface area contributed by atoms with Gasteiger partial charge in [-0.3, -0.25) is 0 Å². The van der Waals surface area contributed by atoms with Gasteiger partial charge < -0.3 is 10.0 Å². The van der Waals surface area contributed by atoms with Crippen molar-refractivity contribution in [2.75, 3.05) is 11.9 Å². The van der Waals surface area contributed by atoms with Gasteiger partial charge in [-0.1, -0.05) is 55.8 Å². The minimum absolute atomic E-state index is 0.0370. The first-order valence-electron chi connectivity index (χ1n) is 6.88. The first-order chi connectivity index (χ1) is 9.81. The Kier molecular flexibility index (Phi) is 4.91. The minimum atomic E-state index is -0.0658. The van der Waals surface area contributed by atoms with Gasteiger partial charge in [0.25, 0.3) is 0 Å². The minimum Gasteiger partial charge on any atom is -0.391 e. The van der Waals surface area contributed by atoms with Crippen molar-refractivity contribution >= 4 is 28.1 Å². The maximum atomic E-state index is 9.54. The Hall–Kier alpha value is -1.10. The largest absolute Gasteiger partial charge is 0.391 e. The molecule has 1 aromatic carbocycles. The molecule has 3 nitrogen and oxygen atoms in total. The number of benzene rings is 1. The lowest BCUT2D eigenvalue weighted by atomic mass is 9.91. The van der Waals surface area contributed by atoms with Crippen molar-refractivity contribution in [3.8, 4) is 0 Å². The predicted octanol–water partition coefficient (Wildman–Crippen LogP) is 4.22. The summed E-state index contributed by atoms with van der Waals surface area (Å²) in [5, 5.41) is 11.2. The van der Waals surface area contributed by atoms with Crippen molar-refractivity contribution in [1.82, 2.24) is 4.98 Å². The van der Waals surface area contributed by atoms with Crippen molar-refractivity contribution in [2.24, 2.45) is 0 Å². The zero-order valence-corrected chi connectivity index (χ0v) is 14.4. The van der Waals surface area contributed by atoms with Gasteiger partial charge >= 0.3 is 0 Å². The van der Waals surface area contributed by atoms with Gasteiger partial charge in [0.15, 0.2) is 5.13 Å². The third kappa shape index (κ3) is 3.96. The van der Waals surface area contributed by atoms with E-state index in [2.05, 4.69) is 25.7 Å². The number of thiazole rings is 1.